The summed E-state index contributed by atoms with van der Waals surface area (Å²) in [5.41, 5.74) is 0.0186. The Labute approximate surface area is 220 Å². The molecule has 7 nitrogen and oxygen atoms in total. The second kappa shape index (κ2) is 8.36. The second-order valence-electron chi connectivity index (χ2n) is 10.00. The van der Waals surface area contributed by atoms with E-state index in [2.05, 4.69) is 0 Å². The van der Waals surface area contributed by atoms with Gasteiger partial charge in [-0.3, -0.25) is 19.3 Å². The maximum atomic E-state index is 15.5. The van der Waals surface area contributed by atoms with Crippen LogP contribution in [0, 0.1) is 11.6 Å². The molecule has 194 valence electrons. The van der Waals surface area contributed by atoms with E-state index in [9.17, 15) is 19.1 Å². The lowest BCUT2D eigenvalue weighted by molar-refractivity contribution is 0.0255. The van der Waals surface area contributed by atoms with Crippen LogP contribution in [0.15, 0.2) is 64.4 Å². The van der Waals surface area contributed by atoms with E-state index in [-0.39, 0.29) is 36.0 Å². The Kier molecular flexibility index (Phi) is 5.13. The van der Waals surface area contributed by atoms with Crippen molar-refractivity contribution in [2.24, 2.45) is 0 Å². The van der Waals surface area contributed by atoms with Crippen LogP contribution in [-0.4, -0.2) is 39.4 Å². The van der Waals surface area contributed by atoms with E-state index in [1.54, 1.807) is 11.0 Å². The third kappa shape index (κ3) is 3.19. The number of ether oxygens (including phenoxy) is 1. The van der Waals surface area contributed by atoms with Gasteiger partial charge < -0.3 is 14.7 Å². The van der Waals surface area contributed by atoms with E-state index in [1.807, 2.05) is 35.4 Å². The molecule has 1 amide bonds. The van der Waals surface area contributed by atoms with Crippen molar-refractivity contribution < 1.29 is 23.4 Å². The fourth-order valence-corrected chi connectivity index (χ4v) is 7.14. The summed E-state index contributed by atoms with van der Waals surface area (Å²) in [6.07, 6.45) is 7.51. The summed E-state index contributed by atoms with van der Waals surface area (Å²) in [6.45, 7) is 0.207. The standard InChI is InChI=1S/C28H23F2N3O4S/c29-18-13-20-22-17(23(18)30)14-38-21-6-2-1-5-16(21)24(22)33-15-31(28(8-3-9-28)10-4-12-37-20)27(36)25-26(35)19(34)7-11-32(25)33/h1-2,4-7,10-11,13,24,35H,3,8-9,12,14-15H2/b10-4+/t24-/m1/s1. The Bertz CT molecular complexity index is 1600. The predicted octanol–water partition coefficient (Wildman–Crippen LogP) is 4.45. The molecule has 0 radical (unpaired) electrons. The molecule has 7 rings (SSSR count). The van der Waals surface area contributed by atoms with Crippen molar-refractivity contribution in [3.05, 3.63) is 99.0 Å². The van der Waals surface area contributed by atoms with E-state index >= 15 is 4.39 Å². The summed E-state index contributed by atoms with van der Waals surface area (Å²) in [7, 11) is 0. The number of pyridine rings is 1. The van der Waals surface area contributed by atoms with Gasteiger partial charge in [-0.2, -0.15) is 0 Å². The molecule has 1 aliphatic carbocycles. The fourth-order valence-electron chi connectivity index (χ4n) is 6.04. The summed E-state index contributed by atoms with van der Waals surface area (Å²) in [6, 6.07) is 9.19. The Hall–Kier alpha value is -3.79. The van der Waals surface area contributed by atoms with Crippen LogP contribution in [0.4, 0.5) is 8.78 Å². The van der Waals surface area contributed by atoms with Gasteiger partial charge in [0.15, 0.2) is 23.1 Å². The number of thioether (sulfide) groups is 1. The molecule has 2 aromatic carbocycles. The van der Waals surface area contributed by atoms with Crippen molar-refractivity contribution in [1.82, 2.24) is 9.58 Å². The van der Waals surface area contributed by atoms with Crippen LogP contribution in [0.2, 0.25) is 0 Å². The molecule has 10 heteroatoms. The summed E-state index contributed by atoms with van der Waals surface area (Å²) in [4.78, 5) is 29.0. The first-order valence-corrected chi connectivity index (χ1v) is 13.4. The second-order valence-corrected chi connectivity index (χ2v) is 11.0. The molecule has 2 bridgehead atoms. The van der Waals surface area contributed by atoms with Crippen LogP contribution in [0.5, 0.6) is 11.5 Å². The van der Waals surface area contributed by atoms with Crippen LogP contribution in [0.25, 0.3) is 0 Å². The van der Waals surface area contributed by atoms with Crippen LogP contribution >= 0.6 is 11.8 Å². The van der Waals surface area contributed by atoms with Crippen LogP contribution < -0.4 is 15.2 Å². The van der Waals surface area contributed by atoms with Gasteiger partial charge in [-0.05, 0) is 37.0 Å². The van der Waals surface area contributed by atoms with Gasteiger partial charge in [0, 0.05) is 40.1 Å². The number of fused-ring (bicyclic) bond motifs is 8. The highest BCUT2D eigenvalue weighted by Crippen LogP contribution is 2.49. The zero-order chi connectivity index (χ0) is 26.2. The van der Waals surface area contributed by atoms with E-state index in [4.69, 9.17) is 4.74 Å². The van der Waals surface area contributed by atoms with E-state index in [0.29, 0.717) is 18.4 Å². The highest BCUT2D eigenvalue weighted by molar-refractivity contribution is 7.98. The fraction of sp³-hybridized carbons (Fsp3) is 0.286. The first-order chi connectivity index (χ1) is 18.4. The Morgan fingerprint density at radius 1 is 1.13 bits per heavy atom. The number of hydrogen-bond donors (Lipinski definition) is 1. The van der Waals surface area contributed by atoms with Crippen molar-refractivity contribution in [1.29, 1.82) is 0 Å². The number of amides is 1. The number of nitrogens with zero attached hydrogens (tertiary/aromatic N) is 3. The molecule has 1 N–H and O–H groups in total. The van der Waals surface area contributed by atoms with Crippen molar-refractivity contribution in [3.8, 4) is 11.5 Å². The van der Waals surface area contributed by atoms with E-state index in [0.717, 1.165) is 22.9 Å². The largest absolute Gasteiger partial charge is 0.502 e. The van der Waals surface area contributed by atoms with Crippen molar-refractivity contribution >= 4 is 17.7 Å². The number of carbonyl (C=O) groups excluding carboxylic acids is 1. The zero-order valence-electron chi connectivity index (χ0n) is 20.2. The third-order valence-electron chi connectivity index (χ3n) is 8.06. The van der Waals surface area contributed by atoms with Gasteiger partial charge in [0.1, 0.15) is 25.1 Å². The van der Waals surface area contributed by atoms with Gasteiger partial charge in [0.2, 0.25) is 5.43 Å². The average Bonchev–Trinajstić information content (AvgIpc) is 3.07. The van der Waals surface area contributed by atoms with Crippen molar-refractivity contribution in [2.45, 2.75) is 41.5 Å². The average molecular weight is 536 g/mol. The summed E-state index contributed by atoms with van der Waals surface area (Å²) >= 11 is 1.40. The zero-order valence-corrected chi connectivity index (χ0v) is 21.0. The molecule has 4 heterocycles. The van der Waals surface area contributed by atoms with Crippen LogP contribution in [0.1, 0.15) is 52.5 Å². The molecule has 3 aromatic rings. The number of aromatic nitrogens is 1. The first kappa shape index (κ1) is 23.3. The molecule has 0 unspecified atom stereocenters. The molecule has 1 atom stereocenters. The lowest BCUT2D eigenvalue weighted by Gasteiger charge is -2.54. The minimum Gasteiger partial charge on any atom is -0.502 e. The van der Waals surface area contributed by atoms with Crippen molar-refractivity contribution in [3.63, 3.8) is 0 Å². The molecule has 3 aliphatic heterocycles. The highest BCUT2D eigenvalue weighted by Gasteiger charge is 2.49. The van der Waals surface area contributed by atoms with Crippen molar-refractivity contribution in [2.75, 3.05) is 18.3 Å². The van der Waals surface area contributed by atoms with Gasteiger partial charge in [-0.15, -0.1) is 11.8 Å². The van der Waals surface area contributed by atoms with Gasteiger partial charge in [-0.1, -0.05) is 24.3 Å². The number of benzene rings is 2. The maximum Gasteiger partial charge on any atom is 0.278 e. The third-order valence-corrected chi connectivity index (χ3v) is 9.18. The normalized spacial score (nSPS) is 21.7. The molecule has 4 aliphatic rings. The predicted molar refractivity (Wildman–Crippen MR) is 137 cm³/mol. The summed E-state index contributed by atoms with van der Waals surface area (Å²) in [5, 5.41) is 12.7. The van der Waals surface area contributed by atoms with Gasteiger partial charge >= 0.3 is 0 Å². The molecule has 1 aromatic heterocycles. The molecule has 1 fully saturated rings. The first-order valence-electron chi connectivity index (χ1n) is 12.5. The number of halogens is 2. The minimum atomic E-state index is -0.990. The Morgan fingerprint density at radius 2 is 1.95 bits per heavy atom. The van der Waals surface area contributed by atoms with Gasteiger partial charge in [0.25, 0.3) is 5.91 Å². The van der Waals surface area contributed by atoms with E-state index < -0.39 is 40.3 Å². The molecule has 1 saturated carbocycles. The molecular formula is C28H23F2N3O4S. The van der Waals surface area contributed by atoms with Crippen LogP contribution in [0.3, 0.4) is 0 Å². The highest BCUT2D eigenvalue weighted by atomic mass is 32.2. The lowest BCUT2D eigenvalue weighted by atomic mass is 9.74. The molecular weight excluding hydrogens is 512 g/mol. The SMILES string of the molecule is O=C1c2c(O)c(=O)ccn2N2CN1C1(/C=C/COc3cc(F)c(F)c4c3[C@H]2c2ccccc2SC4)CCC1. The number of hydrogen-bond acceptors (Lipinski definition) is 6. The van der Waals surface area contributed by atoms with Gasteiger partial charge in [0.05, 0.1) is 5.54 Å². The quantitative estimate of drug-likeness (QED) is 0.429. The lowest BCUT2D eigenvalue weighted by Crippen LogP contribution is -2.64. The Morgan fingerprint density at radius 3 is 2.74 bits per heavy atom. The Balaban J connectivity index is 1.58. The smallest absolute Gasteiger partial charge is 0.278 e. The number of carbonyl (C=O) groups is 1. The maximum absolute atomic E-state index is 15.5. The number of aromatic hydroxyl groups is 1. The molecule has 0 saturated heterocycles. The monoisotopic (exact) mass is 535 g/mol. The van der Waals surface area contributed by atoms with Gasteiger partial charge in [-0.25, -0.2) is 8.78 Å². The minimum absolute atomic E-state index is 0.0972. The summed E-state index contributed by atoms with van der Waals surface area (Å²) in [5.74, 6) is -2.63. The molecule has 38 heavy (non-hydrogen) atoms. The van der Waals surface area contributed by atoms with E-state index in [1.165, 1.54) is 28.7 Å². The molecule has 1 spiro atoms. The topological polar surface area (TPSA) is 75.0 Å². The summed E-state index contributed by atoms with van der Waals surface area (Å²) < 4.78 is 37.9. The van der Waals surface area contributed by atoms with Crippen LogP contribution in [-0.2, 0) is 5.75 Å². The number of rotatable bonds is 0.